The number of hydrazine groups is 1. The fourth-order valence-electron chi connectivity index (χ4n) is 1.91. The fraction of sp³-hybridized carbons (Fsp3) is 0.600. The molecular formula is C10H19N7. The third-order valence-electron chi connectivity index (χ3n) is 2.66. The molecular weight excluding hydrogens is 218 g/mol. The van der Waals surface area contributed by atoms with Crippen LogP contribution in [-0.4, -0.2) is 51.9 Å². The Morgan fingerprint density at radius 3 is 2.47 bits per heavy atom. The normalized spacial score (nSPS) is 13.9. The quantitative estimate of drug-likeness (QED) is 0.714. The lowest BCUT2D eigenvalue weighted by Gasteiger charge is -2.17. The van der Waals surface area contributed by atoms with Crippen LogP contribution in [0, 0.1) is 0 Å². The SMILES string of the molecule is CNNc1nc(N(C)C)nc2c1N(C)CN2C. The minimum atomic E-state index is 0.698. The molecule has 0 unspecified atom stereocenters. The number of rotatable bonds is 3. The van der Waals surface area contributed by atoms with E-state index in [2.05, 4.69) is 30.6 Å². The van der Waals surface area contributed by atoms with E-state index >= 15 is 0 Å². The molecule has 0 saturated carbocycles. The molecule has 7 nitrogen and oxygen atoms in total. The van der Waals surface area contributed by atoms with E-state index in [1.54, 1.807) is 0 Å². The minimum absolute atomic E-state index is 0.698. The van der Waals surface area contributed by atoms with Crippen molar-refractivity contribution < 1.29 is 0 Å². The van der Waals surface area contributed by atoms with Crippen molar-refractivity contribution in [3.63, 3.8) is 0 Å². The van der Waals surface area contributed by atoms with E-state index in [9.17, 15) is 0 Å². The van der Waals surface area contributed by atoms with Gasteiger partial charge < -0.3 is 20.1 Å². The number of anilines is 4. The number of hydrogen-bond donors (Lipinski definition) is 2. The van der Waals surface area contributed by atoms with Crippen LogP contribution in [0.5, 0.6) is 0 Å². The summed E-state index contributed by atoms with van der Waals surface area (Å²) in [6.07, 6.45) is 0. The molecule has 1 aromatic heterocycles. The maximum absolute atomic E-state index is 4.56. The van der Waals surface area contributed by atoms with Crippen LogP contribution >= 0.6 is 0 Å². The number of hydrogen-bond acceptors (Lipinski definition) is 7. The summed E-state index contributed by atoms with van der Waals surface area (Å²) in [5.74, 6) is 2.45. The Labute approximate surface area is 101 Å². The molecule has 2 N–H and O–H groups in total. The zero-order valence-corrected chi connectivity index (χ0v) is 10.9. The van der Waals surface area contributed by atoms with Gasteiger partial charge in [-0.25, -0.2) is 5.43 Å². The number of nitrogens with zero attached hydrogens (tertiary/aromatic N) is 5. The highest BCUT2D eigenvalue weighted by atomic mass is 15.4. The van der Waals surface area contributed by atoms with Crippen molar-refractivity contribution in [2.75, 3.05) is 62.0 Å². The standard InChI is InChI=1S/C10H19N7/c1-11-14-8-7-9(17(5)6-16(7)4)13-10(12-8)15(2)3/h11H,6H2,1-5H3,(H,12,13,14). The van der Waals surface area contributed by atoms with E-state index in [0.29, 0.717) is 5.95 Å². The molecule has 1 aliphatic heterocycles. The third-order valence-corrected chi connectivity index (χ3v) is 2.66. The number of fused-ring (bicyclic) bond motifs is 1. The lowest BCUT2D eigenvalue weighted by molar-refractivity contribution is 0.905. The van der Waals surface area contributed by atoms with Gasteiger partial charge in [-0.2, -0.15) is 9.97 Å². The van der Waals surface area contributed by atoms with Crippen molar-refractivity contribution in [3.8, 4) is 0 Å². The second-order valence-corrected chi connectivity index (χ2v) is 4.35. The first kappa shape index (κ1) is 11.7. The minimum Gasteiger partial charge on any atom is -0.351 e. The Kier molecular flexibility index (Phi) is 2.93. The molecule has 1 aromatic rings. The smallest absolute Gasteiger partial charge is 0.228 e. The molecule has 0 atom stereocenters. The molecule has 0 radical (unpaired) electrons. The van der Waals surface area contributed by atoms with Crippen LogP contribution in [0.3, 0.4) is 0 Å². The summed E-state index contributed by atoms with van der Waals surface area (Å²) in [7, 11) is 9.75. The monoisotopic (exact) mass is 237 g/mol. The summed E-state index contributed by atoms with van der Waals surface area (Å²) < 4.78 is 0. The molecule has 2 heterocycles. The maximum atomic E-state index is 4.56. The van der Waals surface area contributed by atoms with Crippen molar-refractivity contribution >= 4 is 23.3 Å². The van der Waals surface area contributed by atoms with Gasteiger partial charge in [-0.1, -0.05) is 0 Å². The zero-order valence-electron chi connectivity index (χ0n) is 10.9. The number of nitrogens with one attached hydrogen (secondary N) is 2. The second kappa shape index (κ2) is 4.25. The van der Waals surface area contributed by atoms with Gasteiger partial charge in [0.15, 0.2) is 11.6 Å². The van der Waals surface area contributed by atoms with Crippen LogP contribution in [0.15, 0.2) is 0 Å². The first-order valence-electron chi connectivity index (χ1n) is 5.49. The fourth-order valence-corrected chi connectivity index (χ4v) is 1.91. The molecule has 1 aliphatic rings. The first-order valence-corrected chi connectivity index (χ1v) is 5.49. The Hall–Kier alpha value is -1.76. The van der Waals surface area contributed by atoms with E-state index in [1.807, 2.05) is 40.1 Å². The summed E-state index contributed by atoms with van der Waals surface area (Å²) in [4.78, 5) is 15.2. The molecule has 0 saturated heterocycles. The molecule has 0 spiro atoms. The summed E-state index contributed by atoms with van der Waals surface area (Å²) >= 11 is 0. The van der Waals surface area contributed by atoms with Crippen molar-refractivity contribution in [1.82, 2.24) is 15.4 Å². The Bertz CT molecular complexity index is 417. The number of aromatic nitrogens is 2. The van der Waals surface area contributed by atoms with E-state index in [0.717, 1.165) is 24.0 Å². The molecule has 0 amide bonds. The van der Waals surface area contributed by atoms with Crippen molar-refractivity contribution in [1.29, 1.82) is 0 Å². The van der Waals surface area contributed by atoms with Gasteiger partial charge >= 0.3 is 0 Å². The zero-order chi connectivity index (χ0) is 12.6. The van der Waals surface area contributed by atoms with Crippen molar-refractivity contribution in [2.24, 2.45) is 0 Å². The highest BCUT2D eigenvalue weighted by molar-refractivity contribution is 5.83. The van der Waals surface area contributed by atoms with Crippen molar-refractivity contribution in [2.45, 2.75) is 0 Å². The lowest BCUT2D eigenvalue weighted by atomic mass is 10.4. The molecule has 0 aromatic carbocycles. The van der Waals surface area contributed by atoms with Gasteiger partial charge in [-0.15, -0.1) is 0 Å². The molecule has 0 bridgehead atoms. The Morgan fingerprint density at radius 1 is 1.18 bits per heavy atom. The Balaban J connectivity index is 2.53. The summed E-state index contributed by atoms with van der Waals surface area (Å²) in [6, 6.07) is 0. The predicted octanol–water partition coefficient (Wildman–Crippen LogP) is -0.0676. The van der Waals surface area contributed by atoms with Crippen LogP contribution < -0.4 is 25.6 Å². The first-order chi connectivity index (χ1) is 8.04. The van der Waals surface area contributed by atoms with Gasteiger partial charge in [-0.05, 0) is 0 Å². The third kappa shape index (κ3) is 1.93. The van der Waals surface area contributed by atoms with Crippen LogP contribution in [0.25, 0.3) is 0 Å². The van der Waals surface area contributed by atoms with Crippen LogP contribution in [0.2, 0.25) is 0 Å². The summed E-state index contributed by atoms with van der Waals surface area (Å²) in [5.41, 5.74) is 6.99. The average molecular weight is 237 g/mol. The van der Waals surface area contributed by atoms with Gasteiger partial charge in [0, 0.05) is 35.2 Å². The predicted molar refractivity (Wildman–Crippen MR) is 70.7 cm³/mol. The largest absolute Gasteiger partial charge is 0.351 e. The van der Waals surface area contributed by atoms with Gasteiger partial charge in [-0.3, -0.25) is 0 Å². The van der Waals surface area contributed by atoms with Crippen LogP contribution in [-0.2, 0) is 0 Å². The second-order valence-electron chi connectivity index (χ2n) is 4.35. The summed E-state index contributed by atoms with van der Waals surface area (Å²) in [6.45, 7) is 0.819. The van der Waals surface area contributed by atoms with Crippen molar-refractivity contribution in [3.05, 3.63) is 0 Å². The molecule has 94 valence electrons. The van der Waals surface area contributed by atoms with E-state index < -0.39 is 0 Å². The van der Waals surface area contributed by atoms with E-state index in [1.165, 1.54) is 0 Å². The molecule has 0 aliphatic carbocycles. The van der Waals surface area contributed by atoms with E-state index in [4.69, 9.17) is 0 Å². The lowest BCUT2D eigenvalue weighted by Crippen LogP contribution is -2.25. The average Bonchev–Trinajstić information content (AvgIpc) is 2.55. The molecule has 17 heavy (non-hydrogen) atoms. The highest BCUT2D eigenvalue weighted by Gasteiger charge is 2.27. The summed E-state index contributed by atoms with van der Waals surface area (Å²) in [5, 5.41) is 0. The Morgan fingerprint density at radius 2 is 1.88 bits per heavy atom. The van der Waals surface area contributed by atoms with Crippen LogP contribution in [0.1, 0.15) is 0 Å². The maximum Gasteiger partial charge on any atom is 0.228 e. The van der Waals surface area contributed by atoms with Crippen LogP contribution in [0.4, 0.5) is 23.3 Å². The highest BCUT2D eigenvalue weighted by Crippen LogP contribution is 2.38. The molecule has 0 fully saturated rings. The van der Waals surface area contributed by atoms with Gasteiger partial charge in [0.2, 0.25) is 5.95 Å². The topological polar surface area (TPSA) is 59.6 Å². The van der Waals surface area contributed by atoms with Gasteiger partial charge in [0.25, 0.3) is 0 Å². The molecule has 2 rings (SSSR count). The van der Waals surface area contributed by atoms with E-state index in [-0.39, 0.29) is 0 Å². The van der Waals surface area contributed by atoms with Gasteiger partial charge in [0.1, 0.15) is 5.69 Å². The molecule has 7 heteroatoms. The van der Waals surface area contributed by atoms with Gasteiger partial charge in [0.05, 0.1) is 6.67 Å².